The molecule has 0 aromatic heterocycles. The van der Waals surface area contributed by atoms with Gasteiger partial charge in [-0.25, -0.2) is 0 Å². The van der Waals surface area contributed by atoms with E-state index in [4.69, 9.17) is 9.47 Å². The predicted octanol–water partition coefficient (Wildman–Crippen LogP) is 3.61. The van der Waals surface area contributed by atoms with E-state index in [9.17, 15) is 0 Å². The second-order valence-corrected chi connectivity index (χ2v) is 4.82. The quantitative estimate of drug-likeness (QED) is 0.754. The summed E-state index contributed by atoms with van der Waals surface area (Å²) in [6.07, 6.45) is 2.62. The van der Waals surface area contributed by atoms with Gasteiger partial charge in [0.05, 0.1) is 13.7 Å². The predicted molar refractivity (Wildman–Crippen MR) is 65.3 cm³/mol. The molecule has 1 aliphatic rings. The van der Waals surface area contributed by atoms with Gasteiger partial charge >= 0.3 is 0 Å². The van der Waals surface area contributed by atoms with Gasteiger partial charge in [-0.05, 0) is 42.4 Å². The first-order chi connectivity index (χ1) is 7.70. The van der Waals surface area contributed by atoms with E-state index in [0.29, 0.717) is 5.92 Å². The first-order valence-electron chi connectivity index (χ1n) is 6.01. The summed E-state index contributed by atoms with van der Waals surface area (Å²) >= 11 is 0. The van der Waals surface area contributed by atoms with Gasteiger partial charge in [0.25, 0.3) is 0 Å². The summed E-state index contributed by atoms with van der Waals surface area (Å²) in [6.45, 7) is 5.21. The van der Waals surface area contributed by atoms with Crippen molar-refractivity contribution in [2.24, 2.45) is 5.92 Å². The van der Waals surface area contributed by atoms with Crippen LogP contribution in [-0.4, -0.2) is 13.7 Å². The Kier molecular flexibility index (Phi) is 3.37. The molecule has 0 saturated heterocycles. The molecule has 16 heavy (non-hydrogen) atoms. The smallest absolute Gasteiger partial charge is 0.161 e. The lowest BCUT2D eigenvalue weighted by atomic mass is 10.0. The van der Waals surface area contributed by atoms with Crippen LogP contribution in [0.5, 0.6) is 11.5 Å². The van der Waals surface area contributed by atoms with Crippen LogP contribution in [0.1, 0.15) is 38.2 Å². The highest BCUT2D eigenvalue weighted by Crippen LogP contribution is 2.34. The van der Waals surface area contributed by atoms with Crippen molar-refractivity contribution in [3.63, 3.8) is 0 Å². The molecule has 0 unspecified atom stereocenters. The van der Waals surface area contributed by atoms with Crippen LogP contribution in [0.15, 0.2) is 18.2 Å². The monoisotopic (exact) mass is 220 g/mol. The molecular weight excluding hydrogens is 200 g/mol. The lowest BCUT2D eigenvalue weighted by Gasteiger charge is -2.13. The van der Waals surface area contributed by atoms with Gasteiger partial charge in [0.1, 0.15) is 0 Å². The van der Waals surface area contributed by atoms with Gasteiger partial charge in [-0.3, -0.25) is 0 Å². The largest absolute Gasteiger partial charge is 0.493 e. The van der Waals surface area contributed by atoms with Crippen molar-refractivity contribution >= 4 is 0 Å². The van der Waals surface area contributed by atoms with Crippen LogP contribution in [-0.2, 0) is 0 Å². The van der Waals surface area contributed by atoms with Gasteiger partial charge in [-0.15, -0.1) is 0 Å². The number of ether oxygens (including phenoxy) is 2. The van der Waals surface area contributed by atoms with Crippen LogP contribution in [0.3, 0.4) is 0 Å². The van der Waals surface area contributed by atoms with E-state index in [0.717, 1.165) is 24.0 Å². The van der Waals surface area contributed by atoms with Crippen LogP contribution in [0.25, 0.3) is 0 Å². The Hall–Kier alpha value is -1.18. The second kappa shape index (κ2) is 4.77. The molecule has 1 fully saturated rings. The maximum Gasteiger partial charge on any atom is 0.161 e. The first kappa shape index (κ1) is 11.3. The molecule has 2 nitrogen and oxygen atoms in total. The fourth-order valence-electron chi connectivity index (χ4n) is 1.66. The lowest BCUT2D eigenvalue weighted by Crippen LogP contribution is -2.01. The third kappa shape index (κ3) is 2.69. The van der Waals surface area contributed by atoms with Gasteiger partial charge in [0.2, 0.25) is 0 Å². The zero-order valence-electron chi connectivity index (χ0n) is 10.3. The number of hydrogen-bond donors (Lipinski definition) is 0. The van der Waals surface area contributed by atoms with Gasteiger partial charge in [0, 0.05) is 0 Å². The Morgan fingerprint density at radius 2 is 2.00 bits per heavy atom. The molecule has 1 aromatic carbocycles. The highest BCUT2D eigenvalue weighted by Gasteiger charge is 2.22. The van der Waals surface area contributed by atoms with Gasteiger partial charge in [0.15, 0.2) is 11.5 Å². The minimum Gasteiger partial charge on any atom is -0.493 e. The van der Waals surface area contributed by atoms with Crippen molar-refractivity contribution in [1.29, 1.82) is 0 Å². The first-order valence-corrected chi connectivity index (χ1v) is 6.01. The Labute approximate surface area is 97.6 Å². The fraction of sp³-hybridized carbons (Fsp3) is 0.571. The Morgan fingerprint density at radius 3 is 2.56 bits per heavy atom. The summed E-state index contributed by atoms with van der Waals surface area (Å²) in [5, 5.41) is 0. The topological polar surface area (TPSA) is 18.5 Å². The van der Waals surface area contributed by atoms with E-state index < -0.39 is 0 Å². The van der Waals surface area contributed by atoms with Crippen LogP contribution < -0.4 is 9.47 Å². The molecule has 2 heteroatoms. The molecule has 1 saturated carbocycles. The summed E-state index contributed by atoms with van der Waals surface area (Å²) in [5.41, 5.74) is 1.30. The zero-order chi connectivity index (χ0) is 11.5. The van der Waals surface area contributed by atoms with E-state index in [1.165, 1.54) is 18.4 Å². The van der Waals surface area contributed by atoms with E-state index in [1.807, 2.05) is 6.07 Å². The number of rotatable bonds is 5. The maximum atomic E-state index is 5.82. The molecule has 1 aromatic rings. The summed E-state index contributed by atoms with van der Waals surface area (Å²) < 4.78 is 11.1. The molecule has 0 N–H and O–H groups in total. The summed E-state index contributed by atoms with van der Waals surface area (Å²) in [4.78, 5) is 0. The average Bonchev–Trinajstić information content (AvgIpc) is 3.09. The number of methoxy groups -OCH3 is 1. The van der Waals surface area contributed by atoms with Crippen molar-refractivity contribution < 1.29 is 9.47 Å². The second-order valence-electron chi connectivity index (χ2n) is 4.82. The molecule has 0 spiro atoms. The van der Waals surface area contributed by atoms with Crippen molar-refractivity contribution in [3.8, 4) is 11.5 Å². The maximum absolute atomic E-state index is 5.82. The molecule has 0 amide bonds. The molecule has 0 aliphatic heterocycles. The summed E-state index contributed by atoms with van der Waals surface area (Å²) in [6, 6.07) is 6.21. The molecule has 0 heterocycles. The normalized spacial score (nSPS) is 15.2. The van der Waals surface area contributed by atoms with Crippen molar-refractivity contribution in [3.05, 3.63) is 23.8 Å². The van der Waals surface area contributed by atoms with Crippen molar-refractivity contribution in [1.82, 2.24) is 0 Å². The molecule has 0 atom stereocenters. The van der Waals surface area contributed by atoms with Crippen molar-refractivity contribution in [2.75, 3.05) is 13.7 Å². The minimum absolute atomic E-state index is 0.522. The summed E-state index contributed by atoms with van der Waals surface area (Å²) in [7, 11) is 1.69. The SMILES string of the molecule is COc1ccc(C(C)C)cc1OCC1CC1. The Bertz CT molecular complexity index is 354. The van der Waals surface area contributed by atoms with Crippen LogP contribution in [0, 0.1) is 5.92 Å². The minimum atomic E-state index is 0.522. The van der Waals surface area contributed by atoms with Crippen molar-refractivity contribution in [2.45, 2.75) is 32.6 Å². The average molecular weight is 220 g/mol. The third-order valence-corrected chi connectivity index (χ3v) is 3.03. The Balaban J connectivity index is 2.12. The molecule has 2 rings (SSSR count). The molecule has 88 valence electrons. The third-order valence-electron chi connectivity index (χ3n) is 3.03. The van der Waals surface area contributed by atoms with Gasteiger partial charge in [-0.1, -0.05) is 19.9 Å². The van der Waals surface area contributed by atoms with Crippen LogP contribution in [0.2, 0.25) is 0 Å². The van der Waals surface area contributed by atoms with E-state index in [2.05, 4.69) is 26.0 Å². The Morgan fingerprint density at radius 1 is 1.25 bits per heavy atom. The lowest BCUT2D eigenvalue weighted by molar-refractivity contribution is 0.280. The molecule has 1 aliphatic carbocycles. The van der Waals surface area contributed by atoms with Gasteiger partial charge in [-0.2, -0.15) is 0 Å². The highest BCUT2D eigenvalue weighted by atomic mass is 16.5. The fourth-order valence-corrected chi connectivity index (χ4v) is 1.66. The van der Waals surface area contributed by atoms with Gasteiger partial charge < -0.3 is 9.47 Å². The van der Waals surface area contributed by atoms with Crippen LogP contribution in [0.4, 0.5) is 0 Å². The summed E-state index contributed by atoms with van der Waals surface area (Å²) in [5.74, 6) is 3.02. The zero-order valence-corrected chi connectivity index (χ0v) is 10.3. The molecule has 0 bridgehead atoms. The standard InChI is InChI=1S/C14H20O2/c1-10(2)12-6-7-13(15-3)14(8-12)16-9-11-4-5-11/h6-8,10-11H,4-5,9H2,1-3H3. The van der Waals surface area contributed by atoms with E-state index in [1.54, 1.807) is 7.11 Å². The number of benzene rings is 1. The highest BCUT2D eigenvalue weighted by molar-refractivity contribution is 5.43. The number of hydrogen-bond acceptors (Lipinski definition) is 2. The van der Waals surface area contributed by atoms with Crippen LogP contribution >= 0.6 is 0 Å². The van der Waals surface area contributed by atoms with E-state index >= 15 is 0 Å². The molecular formula is C14H20O2. The molecule has 0 radical (unpaired) electrons. The van der Waals surface area contributed by atoms with E-state index in [-0.39, 0.29) is 0 Å².